The van der Waals surface area contributed by atoms with E-state index in [1.165, 1.54) is 0 Å². The van der Waals surface area contributed by atoms with Crippen molar-refractivity contribution in [3.8, 4) is 0 Å². The van der Waals surface area contributed by atoms with Gasteiger partial charge in [0, 0.05) is 18.2 Å². The lowest BCUT2D eigenvalue weighted by Gasteiger charge is -2.34. The number of nitrogens with zero attached hydrogens (tertiary/aromatic N) is 1. The van der Waals surface area contributed by atoms with E-state index in [1.807, 2.05) is 0 Å². The Bertz CT molecular complexity index is 459. The second-order valence-corrected chi connectivity index (χ2v) is 4.46. The molecule has 1 aliphatic carbocycles. The lowest BCUT2D eigenvalue weighted by Crippen LogP contribution is -2.34. The molecule has 0 heterocycles. The minimum absolute atomic E-state index is 0.00463. The molecule has 0 aromatic heterocycles. The summed E-state index contributed by atoms with van der Waals surface area (Å²) < 4.78 is 26.5. The monoisotopic (exact) mass is 242 g/mol. The maximum absolute atomic E-state index is 13.4. The normalized spacial score (nSPS) is 23.0. The average molecular weight is 242 g/mol. The van der Waals surface area contributed by atoms with E-state index in [9.17, 15) is 18.9 Å². The van der Waals surface area contributed by atoms with Crippen molar-refractivity contribution in [1.82, 2.24) is 0 Å². The number of benzene rings is 1. The summed E-state index contributed by atoms with van der Waals surface area (Å²) in [6.07, 6.45) is 1.79. The van der Waals surface area contributed by atoms with Crippen molar-refractivity contribution in [2.24, 2.45) is 5.92 Å². The Labute approximate surface area is 96.8 Å². The van der Waals surface area contributed by atoms with Gasteiger partial charge in [0.05, 0.1) is 10.6 Å². The van der Waals surface area contributed by atoms with Gasteiger partial charge in [0.1, 0.15) is 5.82 Å². The van der Waals surface area contributed by atoms with Crippen molar-refractivity contribution in [3.05, 3.63) is 33.9 Å². The molecule has 0 spiro atoms. The minimum atomic E-state index is -1.15. The van der Waals surface area contributed by atoms with Gasteiger partial charge in [0.25, 0.3) is 0 Å². The van der Waals surface area contributed by atoms with Crippen LogP contribution in [0.2, 0.25) is 0 Å². The fourth-order valence-electron chi connectivity index (χ4n) is 2.03. The lowest BCUT2D eigenvalue weighted by atomic mass is 9.82. The van der Waals surface area contributed by atoms with E-state index in [0.717, 1.165) is 18.9 Å². The van der Waals surface area contributed by atoms with Crippen LogP contribution in [-0.4, -0.2) is 11.0 Å². The molecule has 1 aliphatic rings. The zero-order chi connectivity index (χ0) is 12.6. The number of hydrogen-bond donors (Lipinski definition) is 1. The van der Waals surface area contributed by atoms with Gasteiger partial charge >= 0.3 is 5.69 Å². The molecule has 0 unspecified atom stereocenters. The number of nitro benzene ring substituents is 1. The highest BCUT2D eigenvalue weighted by molar-refractivity contribution is 5.53. The second kappa shape index (κ2) is 4.27. The van der Waals surface area contributed by atoms with Crippen molar-refractivity contribution in [2.75, 3.05) is 5.32 Å². The summed E-state index contributed by atoms with van der Waals surface area (Å²) >= 11 is 0. The van der Waals surface area contributed by atoms with E-state index in [2.05, 4.69) is 12.2 Å². The van der Waals surface area contributed by atoms with Gasteiger partial charge in [-0.2, -0.15) is 4.39 Å². The van der Waals surface area contributed by atoms with Crippen molar-refractivity contribution in [1.29, 1.82) is 0 Å². The maximum atomic E-state index is 13.4. The Hall–Kier alpha value is -1.72. The number of rotatable bonds is 3. The van der Waals surface area contributed by atoms with Gasteiger partial charge in [0.15, 0.2) is 0 Å². The molecular weight excluding hydrogens is 230 g/mol. The molecule has 1 N–H and O–H groups in total. The highest BCUT2D eigenvalue weighted by Gasteiger charge is 2.27. The molecule has 0 saturated heterocycles. The molecule has 6 heteroatoms. The van der Waals surface area contributed by atoms with E-state index < -0.39 is 22.2 Å². The van der Waals surface area contributed by atoms with E-state index in [-0.39, 0.29) is 11.7 Å². The summed E-state index contributed by atoms with van der Waals surface area (Å²) in [5, 5.41) is 13.4. The molecule has 1 aromatic rings. The summed E-state index contributed by atoms with van der Waals surface area (Å²) in [6.45, 7) is 2.07. The van der Waals surface area contributed by atoms with E-state index in [0.29, 0.717) is 12.0 Å². The Morgan fingerprint density at radius 1 is 1.35 bits per heavy atom. The van der Waals surface area contributed by atoms with Crippen LogP contribution in [0.5, 0.6) is 0 Å². The first kappa shape index (κ1) is 11.8. The van der Waals surface area contributed by atoms with Crippen LogP contribution in [0.15, 0.2) is 12.1 Å². The van der Waals surface area contributed by atoms with Crippen LogP contribution >= 0.6 is 0 Å². The summed E-state index contributed by atoms with van der Waals surface area (Å²) in [7, 11) is 0. The maximum Gasteiger partial charge on any atom is 0.307 e. The van der Waals surface area contributed by atoms with Crippen molar-refractivity contribution in [3.63, 3.8) is 0 Å². The predicted octanol–water partition coefficient (Wildman–Crippen LogP) is 3.08. The first-order valence-corrected chi connectivity index (χ1v) is 5.37. The highest BCUT2D eigenvalue weighted by Crippen LogP contribution is 2.32. The number of nitro groups is 1. The van der Waals surface area contributed by atoms with Gasteiger partial charge in [-0.15, -0.1) is 0 Å². The predicted molar refractivity (Wildman–Crippen MR) is 58.8 cm³/mol. The molecule has 0 atom stereocenters. The third-order valence-electron chi connectivity index (χ3n) is 2.97. The first-order valence-electron chi connectivity index (χ1n) is 5.37. The molecule has 0 bridgehead atoms. The molecule has 17 heavy (non-hydrogen) atoms. The molecule has 1 aromatic carbocycles. The second-order valence-electron chi connectivity index (χ2n) is 4.46. The third-order valence-corrected chi connectivity index (χ3v) is 2.97. The smallest absolute Gasteiger partial charge is 0.307 e. The van der Waals surface area contributed by atoms with Crippen LogP contribution in [0.25, 0.3) is 0 Å². The first-order chi connectivity index (χ1) is 7.97. The van der Waals surface area contributed by atoms with Crippen LogP contribution in [0.4, 0.5) is 20.2 Å². The topological polar surface area (TPSA) is 55.2 Å². The Morgan fingerprint density at radius 2 is 2.00 bits per heavy atom. The molecule has 0 aliphatic heterocycles. The molecule has 4 nitrogen and oxygen atoms in total. The Morgan fingerprint density at radius 3 is 2.53 bits per heavy atom. The summed E-state index contributed by atoms with van der Waals surface area (Å²) in [5.74, 6) is -1.38. The fourth-order valence-corrected chi connectivity index (χ4v) is 2.03. The average Bonchev–Trinajstić information content (AvgIpc) is 2.18. The molecule has 1 fully saturated rings. The van der Waals surface area contributed by atoms with Crippen LogP contribution in [-0.2, 0) is 0 Å². The van der Waals surface area contributed by atoms with Crippen LogP contribution in [0.3, 0.4) is 0 Å². The molecule has 0 radical (unpaired) electrons. The van der Waals surface area contributed by atoms with Crippen molar-refractivity contribution in [2.45, 2.75) is 25.8 Å². The van der Waals surface area contributed by atoms with Gasteiger partial charge < -0.3 is 5.32 Å². The fraction of sp³-hybridized carbons (Fsp3) is 0.455. The summed E-state index contributed by atoms with van der Waals surface area (Å²) in [5.41, 5.74) is -0.712. The van der Waals surface area contributed by atoms with Gasteiger partial charge in [0.2, 0.25) is 5.82 Å². The largest absolute Gasteiger partial charge is 0.380 e. The van der Waals surface area contributed by atoms with Gasteiger partial charge in [-0.3, -0.25) is 10.1 Å². The molecule has 92 valence electrons. The zero-order valence-corrected chi connectivity index (χ0v) is 9.24. The quantitative estimate of drug-likeness (QED) is 0.654. The number of nitrogens with one attached hydrogen (secondary N) is 1. The summed E-state index contributed by atoms with van der Waals surface area (Å²) in [4.78, 5) is 9.66. The lowest BCUT2D eigenvalue weighted by molar-refractivity contribution is -0.387. The van der Waals surface area contributed by atoms with Gasteiger partial charge in [-0.05, 0) is 18.8 Å². The van der Waals surface area contributed by atoms with Gasteiger partial charge in [-0.25, -0.2) is 4.39 Å². The number of halogens is 2. The van der Waals surface area contributed by atoms with Crippen LogP contribution in [0, 0.1) is 27.7 Å². The Balaban J connectivity index is 2.21. The highest BCUT2D eigenvalue weighted by atomic mass is 19.1. The van der Waals surface area contributed by atoms with Crippen molar-refractivity contribution >= 4 is 11.4 Å². The zero-order valence-electron chi connectivity index (χ0n) is 9.24. The molecular formula is C11H12F2N2O2. The van der Waals surface area contributed by atoms with E-state index in [4.69, 9.17) is 0 Å². The number of anilines is 1. The Kier molecular flexibility index (Phi) is 2.95. The molecule has 0 amide bonds. The molecule has 2 rings (SSSR count). The van der Waals surface area contributed by atoms with E-state index >= 15 is 0 Å². The molecule has 1 saturated carbocycles. The van der Waals surface area contributed by atoms with Crippen LogP contribution in [0.1, 0.15) is 19.8 Å². The van der Waals surface area contributed by atoms with Crippen molar-refractivity contribution < 1.29 is 13.7 Å². The third kappa shape index (κ3) is 2.35. The van der Waals surface area contributed by atoms with Crippen LogP contribution < -0.4 is 5.32 Å². The van der Waals surface area contributed by atoms with E-state index in [1.54, 1.807) is 0 Å². The van der Waals surface area contributed by atoms with Gasteiger partial charge in [-0.1, -0.05) is 6.92 Å². The standard InChI is InChI=1S/C11H12F2N2O2/c1-6-2-7(3-6)14-10-5-11(15(16)17)9(13)4-8(10)12/h4-7,14H,2-3H2,1H3. The SMILES string of the molecule is CC1CC(Nc2cc([N+](=O)[O-])c(F)cc2F)C1. The number of hydrogen-bond acceptors (Lipinski definition) is 3. The summed E-state index contributed by atoms with van der Waals surface area (Å²) in [6, 6.07) is 1.57. The minimum Gasteiger partial charge on any atom is -0.380 e.